The Morgan fingerprint density at radius 2 is 2.27 bits per heavy atom. The predicted octanol–water partition coefficient (Wildman–Crippen LogP) is 1.74. The molecule has 2 N–H and O–H groups in total. The zero-order valence-corrected chi connectivity index (χ0v) is 10.8. The number of likely N-dealkylation sites (N-methyl/N-ethyl adjacent to an activating group) is 1. The highest BCUT2D eigenvalue weighted by Gasteiger charge is 2.32. The summed E-state index contributed by atoms with van der Waals surface area (Å²) in [5.41, 5.74) is 6.33. The number of hydrogen-bond acceptors (Lipinski definition) is 4. The van der Waals surface area contributed by atoms with Gasteiger partial charge in [-0.25, -0.2) is 4.98 Å². The van der Waals surface area contributed by atoms with Crippen LogP contribution in [-0.2, 0) is 6.42 Å². The fourth-order valence-corrected chi connectivity index (χ4v) is 2.35. The molecule has 0 saturated carbocycles. The van der Waals surface area contributed by atoms with Crippen molar-refractivity contribution in [3.05, 3.63) is 16.6 Å². The molecule has 0 amide bonds. The van der Waals surface area contributed by atoms with E-state index in [1.165, 1.54) is 0 Å². The number of nitrogens with two attached hydrogens (primary N) is 1. The van der Waals surface area contributed by atoms with E-state index in [-0.39, 0.29) is 11.6 Å². The van der Waals surface area contributed by atoms with Gasteiger partial charge in [-0.3, -0.25) is 0 Å². The zero-order chi connectivity index (χ0) is 11.5. The van der Waals surface area contributed by atoms with Crippen molar-refractivity contribution in [3.63, 3.8) is 0 Å². The van der Waals surface area contributed by atoms with E-state index in [0.29, 0.717) is 0 Å². The second-order valence-corrected chi connectivity index (χ2v) is 5.32. The molecule has 15 heavy (non-hydrogen) atoms. The van der Waals surface area contributed by atoms with Crippen molar-refractivity contribution in [1.82, 2.24) is 9.88 Å². The summed E-state index contributed by atoms with van der Waals surface area (Å²) in [6.45, 7) is 4.40. The lowest BCUT2D eigenvalue weighted by atomic mass is 9.87. The van der Waals surface area contributed by atoms with Crippen LogP contribution in [0, 0.1) is 0 Å². The van der Waals surface area contributed by atoms with Crippen LogP contribution >= 0.6 is 11.3 Å². The monoisotopic (exact) mass is 227 g/mol. The molecular weight excluding hydrogens is 206 g/mol. The van der Waals surface area contributed by atoms with E-state index >= 15 is 0 Å². The summed E-state index contributed by atoms with van der Waals surface area (Å²) in [6.07, 6.45) is 3.75. The quantitative estimate of drug-likeness (QED) is 0.833. The number of aromatic nitrogens is 1. The van der Waals surface area contributed by atoms with E-state index in [1.807, 2.05) is 11.6 Å². The third-order valence-electron chi connectivity index (χ3n) is 3.41. The van der Waals surface area contributed by atoms with E-state index in [2.05, 4.69) is 37.8 Å². The maximum Gasteiger partial charge on any atom is 0.0940 e. The standard InChI is InChI=1S/C11H21N3S/c1-5-11(2,14(3)4)9(12)8-10-13-6-7-15-10/h6-7,9H,5,8,12H2,1-4H3. The third-order valence-corrected chi connectivity index (χ3v) is 4.22. The first kappa shape index (κ1) is 12.6. The average molecular weight is 227 g/mol. The van der Waals surface area contributed by atoms with Gasteiger partial charge in [0.1, 0.15) is 0 Å². The summed E-state index contributed by atoms with van der Waals surface area (Å²) in [5.74, 6) is 0. The molecule has 0 aliphatic rings. The summed E-state index contributed by atoms with van der Waals surface area (Å²) in [6, 6.07) is 0.128. The molecule has 2 unspecified atom stereocenters. The molecule has 0 radical (unpaired) electrons. The first-order valence-electron chi connectivity index (χ1n) is 5.32. The highest BCUT2D eigenvalue weighted by atomic mass is 32.1. The maximum absolute atomic E-state index is 6.28. The molecule has 0 bridgehead atoms. The first-order chi connectivity index (χ1) is 7.00. The Labute approximate surface area is 96.3 Å². The normalized spacial score (nSPS) is 17.7. The van der Waals surface area contributed by atoms with E-state index in [4.69, 9.17) is 5.73 Å². The second kappa shape index (κ2) is 5.05. The second-order valence-electron chi connectivity index (χ2n) is 4.34. The van der Waals surface area contributed by atoms with Crippen molar-refractivity contribution < 1.29 is 0 Å². The molecule has 1 aromatic heterocycles. The third kappa shape index (κ3) is 2.77. The van der Waals surface area contributed by atoms with Crippen LogP contribution in [0.25, 0.3) is 0 Å². The van der Waals surface area contributed by atoms with Gasteiger partial charge in [-0.15, -0.1) is 11.3 Å². The summed E-state index contributed by atoms with van der Waals surface area (Å²) < 4.78 is 0. The largest absolute Gasteiger partial charge is 0.326 e. The van der Waals surface area contributed by atoms with Crippen LogP contribution in [0.3, 0.4) is 0 Å². The van der Waals surface area contributed by atoms with Crippen molar-refractivity contribution in [2.24, 2.45) is 5.73 Å². The van der Waals surface area contributed by atoms with Crippen molar-refractivity contribution in [1.29, 1.82) is 0 Å². The van der Waals surface area contributed by atoms with Crippen LogP contribution in [0.2, 0.25) is 0 Å². The van der Waals surface area contributed by atoms with Gasteiger partial charge in [-0.2, -0.15) is 0 Å². The van der Waals surface area contributed by atoms with Gasteiger partial charge < -0.3 is 10.6 Å². The Balaban J connectivity index is 2.69. The molecule has 2 atom stereocenters. The molecule has 0 spiro atoms. The molecule has 0 aromatic carbocycles. The molecule has 0 fully saturated rings. The van der Waals surface area contributed by atoms with Crippen molar-refractivity contribution in [2.75, 3.05) is 14.1 Å². The van der Waals surface area contributed by atoms with E-state index < -0.39 is 0 Å². The van der Waals surface area contributed by atoms with E-state index in [1.54, 1.807) is 11.3 Å². The molecule has 3 nitrogen and oxygen atoms in total. The van der Waals surface area contributed by atoms with Crippen LogP contribution in [0.15, 0.2) is 11.6 Å². The van der Waals surface area contributed by atoms with Gasteiger partial charge in [0.15, 0.2) is 0 Å². The predicted molar refractivity (Wildman–Crippen MR) is 66.2 cm³/mol. The lowest BCUT2D eigenvalue weighted by Crippen LogP contribution is -2.55. The van der Waals surface area contributed by atoms with Gasteiger partial charge in [0, 0.05) is 29.6 Å². The number of thiazole rings is 1. The SMILES string of the molecule is CCC(C)(C(N)Cc1nccs1)N(C)C. The van der Waals surface area contributed by atoms with Crippen molar-refractivity contribution >= 4 is 11.3 Å². The molecular formula is C11H21N3S. The van der Waals surface area contributed by atoms with Crippen LogP contribution in [0.4, 0.5) is 0 Å². The van der Waals surface area contributed by atoms with Crippen LogP contribution in [0.5, 0.6) is 0 Å². The van der Waals surface area contributed by atoms with E-state index in [9.17, 15) is 0 Å². The molecule has 0 saturated heterocycles. The summed E-state index contributed by atoms with van der Waals surface area (Å²) >= 11 is 1.68. The minimum atomic E-state index is 0.0473. The first-order valence-corrected chi connectivity index (χ1v) is 6.20. The topological polar surface area (TPSA) is 42.1 Å². The Morgan fingerprint density at radius 1 is 1.60 bits per heavy atom. The van der Waals surface area contributed by atoms with Gasteiger partial charge >= 0.3 is 0 Å². The maximum atomic E-state index is 6.28. The molecule has 0 aliphatic carbocycles. The summed E-state index contributed by atoms with van der Waals surface area (Å²) in [7, 11) is 4.18. The number of hydrogen-bond donors (Lipinski definition) is 1. The van der Waals surface area contributed by atoms with Gasteiger partial charge in [-0.1, -0.05) is 6.92 Å². The minimum absolute atomic E-state index is 0.0473. The summed E-state index contributed by atoms with van der Waals surface area (Å²) in [5, 5.41) is 3.13. The lowest BCUT2D eigenvalue weighted by molar-refractivity contribution is 0.131. The lowest BCUT2D eigenvalue weighted by Gasteiger charge is -2.40. The highest BCUT2D eigenvalue weighted by molar-refractivity contribution is 7.09. The van der Waals surface area contributed by atoms with Crippen LogP contribution < -0.4 is 5.73 Å². The highest BCUT2D eigenvalue weighted by Crippen LogP contribution is 2.22. The zero-order valence-electron chi connectivity index (χ0n) is 10.0. The van der Waals surface area contributed by atoms with Crippen molar-refractivity contribution in [2.45, 2.75) is 38.3 Å². The molecule has 1 rings (SSSR count). The molecule has 86 valence electrons. The number of nitrogens with zero attached hydrogens (tertiary/aromatic N) is 2. The van der Waals surface area contributed by atoms with Gasteiger partial charge in [0.25, 0.3) is 0 Å². The fourth-order valence-electron chi connectivity index (χ4n) is 1.67. The Morgan fingerprint density at radius 3 is 2.67 bits per heavy atom. The minimum Gasteiger partial charge on any atom is -0.326 e. The Kier molecular flexibility index (Phi) is 4.25. The number of rotatable bonds is 5. The van der Waals surface area contributed by atoms with Crippen molar-refractivity contribution in [3.8, 4) is 0 Å². The molecule has 1 aromatic rings. The molecule has 1 heterocycles. The van der Waals surface area contributed by atoms with Gasteiger partial charge in [0.05, 0.1) is 5.01 Å². The van der Waals surface area contributed by atoms with Crippen LogP contribution in [-0.4, -0.2) is 35.6 Å². The smallest absolute Gasteiger partial charge is 0.0940 e. The average Bonchev–Trinajstić information content (AvgIpc) is 2.68. The fraction of sp³-hybridized carbons (Fsp3) is 0.727. The Hall–Kier alpha value is -0.450. The molecule has 4 heteroatoms. The van der Waals surface area contributed by atoms with Gasteiger partial charge in [0.2, 0.25) is 0 Å². The van der Waals surface area contributed by atoms with Gasteiger partial charge in [-0.05, 0) is 27.4 Å². The van der Waals surface area contributed by atoms with Crippen LogP contribution in [0.1, 0.15) is 25.3 Å². The molecule has 0 aliphatic heterocycles. The Bertz CT molecular complexity index is 284. The summed E-state index contributed by atoms with van der Waals surface area (Å²) in [4.78, 5) is 6.50. The van der Waals surface area contributed by atoms with E-state index in [0.717, 1.165) is 17.8 Å².